The van der Waals surface area contributed by atoms with Gasteiger partial charge < -0.3 is 0 Å². The zero-order chi connectivity index (χ0) is 12.5. The van der Waals surface area contributed by atoms with E-state index in [-0.39, 0.29) is 0 Å². The number of para-hydroxylation sites is 1. The van der Waals surface area contributed by atoms with Gasteiger partial charge in [0.15, 0.2) is 0 Å². The number of aromatic nitrogens is 2. The molecule has 1 heterocycles. The lowest BCUT2D eigenvalue weighted by Crippen LogP contribution is -1.99. The van der Waals surface area contributed by atoms with E-state index in [0.717, 1.165) is 28.4 Å². The molecular formula is C15H12N2O. The van der Waals surface area contributed by atoms with E-state index in [1.165, 1.54) is 0 Å². The first-order valence-electron chi connectivity index (χ1n) is 5.78. The second kappa shape index (κ2) is 4.11. The van der Waals surface area contributed by atoms with Gasteiger partial charge in [0.1, 0.15) is 6.29 Å². The van der Waals surface area contributed by atoms with Crippen LogP contribution in [-0.2, 0) is 0 Å². The molecule has 2 aromatic carbocycles. The molecule has 0 saturated heterocycles. The zero-order valence-corrected chi connectivity index (χ0v) is 10.00. The Hall–Kier alpha value is -2.42. The number of aldehydes is 1. The third kappa shape index (κ3) is 1.61. The Morgan fingerprint density at radius 3 is 2.78 bits per heavy atom. The summed E-state index contributed by atoms with van der Waals surface area (Å²) in [5.74, 6) is 0. The van der Waals surface area contributed by atoms with Gasteiger partial charge in [0.25, 0.3) is 0 Å². The maximum atomic E-state index is 10.7. The summed E-state index contributed by atoms with van der Waals surface area (Å²) in [6.07, 6.45) is 2.71. The molecule has 0 aliphatic carbocycles. The van der Waals surface area contributed by atoms with Gasteiger partial charge in [-0.1, -0.05) is 18.2 Å². The topological polar surface area (TPSA) is 34.9 Å². The SMILES string of the molecule is Cc1cc(C=O)ccc1-n1ncc2ccccc21. The Kier molecular flexibility index (Phi) is 2.45. The standard InChI is InChI=1S/C15H12N2O/c1-11-8-12(10-18)6-7-14(11)17-15-5-3-2-4-13(15)9-16-17/h2-10H,1H3. The Bertz CT molecular complexity index is 728. The monoisotopic (exact) mass is 236 g/mol. The summed E-state index contributed by atoms with van der Waals surface area (Å²) in [6, 6.07) is 13.7. The molecule has 0 fully saturated rings. The van der Waals surface area contributed by atoms with Crippen LogP contribution >= 0.6 is 0 Å². The van der Waals surface area contributed by atoms with Crippen molar-refractivity contribution in [3.8, 4) is 5.69 Å². The average Bonchev–Trinajstić information content (AvgIpc) is 2.82. The molecule has 3 aromatic rings. The molecule has 1 aromatic heterocycles. The highest BCUT2D eigenvalue weighted by atomic mass is 16.1. The van der Waals surface area contributed by atoms with E-state index in [9.17, 15) is 4.79 Å². The van der Waals surface area contributed by atoms with Crippen LogP contribution in [0.4, 0.5) is 0 Å². The highest BCUT2D eigenvalue weighted by molar-refractivity contribution is 5.81. The van der Waals surface area contributed by atoms with E-state index in [1.54, 1.807) is 0 Å². The molecule has 0 aliphatic heterocycles. The van der Waals surface area contributed by atoms with Crippen LogP contribution in [0.25, 0.3) is 16.6 Å². The van der Waals surface area contributed by atoms with Crippen molar-refractivity contribution in [3.05, 3.63) is 59.8 Å². The van der Waals surface area contributed by atoms with Crippen LogP contribution < -0.4 is 0 Å². The second-order valence-corrected chi connectivity index (χ2v) is 4.28. The van der Waals surface area contributed by atoms with Gasteiger partial charge in [0, 0.05) is 10.9 Å². The number of carbonyl (C=O) groups is 1. The van der Waals surface area contributed by atoms with Gasteiger partial charge in [-0.05, 0) is 36.8 Å². The molecule has 3 heteroatoms. The first-order chi connectivity index (χ1) is 8.79. The Morgan fingerprint density at radius 2 is 2.00 bits per heavy atom. The number of fused-ring (bicyclic) bond motifs is 1. The molecule has 0 amide bonds. The first-order valence-corrected chi connectivity index (χ1v) is 5.78. The highest BCUT2D eigenvalue weighted by Crippen LogP contribution is 2.20. The van der Waals surface area contributed by atoms with E-state index in [4.69, 9.17) is 0 Å². The lowest BCUT2D eigenvalue weighted by atomic mass is 10.1. The minimum atomic E-state index is 0.688. The number of rotatable bonds is 2. The first kappa shape index (κ1) is 10.7. The van der Waals surface area contributed by atoms with Gasteiger partial charge >= 0.3 is 0 Å². The second-order valence-electron chi connectivity index (χ2n) is 4.28. The van der Waals surface area contributed by atoms with E-state index < -0.39 is 0 Å². The van der Waals surface area contributed by atoms with Crippen LogP contribution in [0.3, 0.4) is 0 Å². The van der Waals surface area contributed by atoms with Crippen molar-refractivity contribution < 1.29 is 4.79 Å². The summed E-state index contributed by atoms with van der Waals surface area (Å²) in [7, 11) is 0. The van der Waals surface area contributed by atoms with Crippen LogP contribution in [-0.4, -0.2) is 16.1 Å². The molecule has 0 aliphatic rings. The third-order valence-electron chi connectivity index (χ3n) is 3.06. The van der Waals surface area contributed by atoms with Gasteiger partial charge in [-0.25, -0.2) is 4.68 Å². The maximum absolute atomic E-state index is 10.7. The van der Waals surface area contributed by atoms with E-state index in [2.05, 4.69) is 5.10 Å². The molecule has 0 atom stereocenters. The summed E-state index contributed by atoms with van der Waals surface area (Å²) in [4.78, 5) is 10.7. The van der Waals surface area contributed by atoms with Crippen LogP contribution in [0.2, 0.25) is 0 Å². The van der Waals surface area contributed by atoms with Crippen LogP contribution in [0.1, 0.15) is 15.9 Å². The Morgan fingerprint density at radius 1 is 1.17 bits per heavy atom. The van der Waals surface area contributed by atoms with Crippen molar-refractivity contribution in [1.29, 1.82) is 0 Å². The fourth-order valence-corrected chi connectivity index (χ4v) is 2.15. The highest BCUT2D eigenvalue weighted by Gasteiger charge is 2.07. The van der Waals surface area contributed by atoms with Gasteiger partial charge in [0.2, 0.25) is 0 Å². The number of hydrogen-bond acceptors (Lipinski definition) is 2. The van der Waals surface area contributed by atoms with Gasteiger partial charge in [0.05, 0.1) is 17.4 Å². The molecule has 0 N–H and O–H groups in total. The van der Waals surface area contributed by atoms with Crippen LogP contribution in [0.15, 0.2) is 48.7 Å². The molecule has 0 bridgehead atoms. The molecule has 0 spiro atoms. The Balaban J connectivity index is 2.23. The molecule has 3 nitrogen and oxygen atoms in total. The zero-order valence-electron chi connectivity index (χ0n) is 10.00. The van der Waals surface area contributed by atoms with Crippen molar-refractivity contribution in [1.82, 2.24) is 9.78 Å². The molecule has 0 unspecified atom stereocenters. The van der Waals surface area contributed by atoms with Crippen molar-refractivity contribution in [2.75, 3.05) is 0 Å². The molecule has 0 saturated carbocycles. The molecule has 3 rings (SSSR count). The average molecular weight is 236 g/mol. The van der Waals surface area contributed by atoms with Crippen LogP contribution in [0, 0.1) is 6.92 Å². The molecular weight excluding hydrogens is 224 g/mol. The van der Waals surface area contributed by atoms with Gasteiger partial charge in [-0.15, -0.1) is 0 Å². The largest absolute Gasteiger partial charge is 0.298 e. The third-order valence-corrected chi connectivity index (χ3v) is 3.06. The number of aryl methyl sites for hydroxylation is 1. The fraction of sp³-hybridized carbons (Fsp3) is 0.0667. The van der Waals surface area contributed by atoms with Crippen molar-refractivity contribution in [2.24, 2.45) is 0 Å². The van der Waals surface area contributed by atoms with Gasteiger partial charge in [-0.2, -0.15) is 5.10 Å². The molecule has 18 heavy (non-hydrogen) atoms. The summed E-state index contributed by atoms with van der Waals surface area (Å²) < 4.78 is 1.90. The van der Waals surface area contributed by atoms with E-state index in [0.29, 0.717) is 5.56 Å². The number of carbonyl (C=O) groups excluding carboxylic acids is 1. The summed E-state index contributed by atoms with van der Waals surface area (Å²) >= 11 is 0. The summed E-state index contributed by atoms with van der Waals surface area (Å²) in [6.45, 7) is 1.98. The van der Waals surface area contributed by atoms with Crippen molar-refractivity contribution >= 4 is 17.2 Å². The predicted molar refractivity (Wildman–Crippen MR) is 71.2 cm³/mol. The number of hydrogen-bond donors (Lipinski definition) is 0. The Labute approximate surface area is 105 Å². The summed E-state index contributed by atoms with van der Waals surface area (Å²) in [5.41, 5.74) is 3.79. The van der Waals surface area contributed by atoms with Crippen molar-refractivity contribution in [2.45, 2.75) is 6.92 Å². The van der Waals surface area contributed by atoms with Crippen molar-refractivity contribution in [3.63, 3.8) is 0 Å². The minimum Gasteiger partial charge on any atom is -0.298 e. The number of nitrogens with zero attached hydrogens (tertiary/aromatic N) is 2. The molecule has 88 valence electrons. The van der Waals surface area contributed by atoms with Gasteiger partial charge in [-0.3, -0.25) is 4.79 Å². The molecule has 0 radical (unpaired) electrons. The van der Waals surface area contributed by atoms with E-state index in [1.807, 2.05) is 60.3 Å². The maximum Gasteiger partial charge on any atom is 0.150 e. The number of benzene rings is 2. The lowest BCUT2D eigenvalue weighted by molar-refractivity contribution is 0.112. The van der Waals surface area contributed by atoms with E-state index >= 15 is 0 Å². The predicted octanol–water partition coefficient (Wildman–Crippen LogP) is 3.15. The lowest BCUT2D eigenvalue weighted by Gasteiger charge is -2.07. The minimum absolute atomic E-state index is 0.688. The fourth-order valence-electron chi connectivity index (χ4n) is 2.15. The summed E-state index contributed by atoms with van der Waals surface area (Å²) in [5, 5.41) is 5.52. The quantitative estimate of drug-likeness (QED) is 0.641. The smallest absolute Gasteiger partial charge is 0.150 e. The van der Waals surface area contributed by atoms with Crippen LogP contribution in [0.5, 0.6) is 0 Å². The normalized spacial score (nSPS) is 10.7.